The Bertz CT molecular complexity index is 1150. The van der Waals surface area contributed by atoms with Crippen LogP contribution in [0.15, 0.2) is 11.4 Å². The fraction of sp³-hybridized carbons (Fsp3) is 0.722. The number of azide groups is 1. The normalized spacial score (nSPS) is 28.1. The van der Waals surface area contributed by atoms with Crippen molar-refractivity contribution in [3.63, 3.8) is 0 Å². The molecule has 34 heavy (non-hydrogen) atoms. The summed E-state index contributed by atoms with van der Waals surface area (Å²) < 4.78 is 25.4. The maximum atomic E-state index is 12.8. The lowest BCUT2D eigenvalue weighted by atomic mass is 9.93. The van der Waals surface area contributed by atoms with Crippen molar-refractivity contribution in [3.05, 3.63) is 16.8 Å². The minimum Gasteiger partial charge on any atom is -0.388 e. The van der Waals surface area contributed by atoms with Crippen LogP contribution >= 0.6 is 7.60 Å². The fourth-order valence-electron chi connectivity index (χ4n) is 3.64. The first-order valence-electron chi connectivity index (χ1n) is 10.6. The Morgan fingerprint density at radius 2 is 2.00 bits per heavy atom. The van der Waals surface area contributed by atoms with Crippen molar-refractivity contribution < 1.29 is 34.0 Å². The molecule has 0 saturated carbocycles. The van der Waals surface area contributed by atoms with E-state index in [0.29, 0.717) is 0 Å². The van der Waals surface area contributed by atoms with Gasteiger partial charge in [-0.05, 0) is 37.3 Å². The van der Waals surface area contributed by atoms with Crippen LogP contribution < -0.4 is 5.73 Å². The van der Waals surface area contributed by atoms with Gasteiger partial charge in [-0.15, -0.1) is 0 Å². The minimum absolute atomic E-state index is 0.0105. The van der Waals surface area contributed by atoms with Gasteiger partial charge in [0.25, 0.3) is 0 Å². The van der Waals surface area contributed by atoms with Gasteiger partial charge < -0.3 is 35.2 Å². The first-order valence-corrected chi connectivity index (χ1v) is 12.2. The highest BCUT2D eigenvalue weighted by Crippen LogP contribution is 2.59. The average molecular weight is 500 g/mol. The summed E-state index contributed by atoms with van der Waals surface area (Å²) >= 11 is 0. The number of nitrogens with zero attached hydrogens (tertiary/aromatic N) is 7. The lowest BCUT2D eigenvalue weighted by molar-refractivity contribution is -0.0684. The van der Waals surface area contributed by atoms with Gasteiger partial charge in [0.1, 0.15) is 18.5 Å². The van der Waals surface area contributed by atoms with Crippen LogP contribution in [0.25, 0.3) is 21.6 Å². The van der Waals surface area contributed by atoms with Crippen molar-refractivity contribution in [2.45, 2.75) is 82.4 Å². The summed E-state index contributed by atoms with van der Waals surface area (Å²) in [7, 11) is -4.49. The molecule has 0 amide bonds. The Morgan fingerprint density at radius 1 is 1.32 bits per heavy atom. The molecule has 1 saturated heterocycles. The molecule has 1 fully saturated rings. The van der Waals surface area contributed by atoms with Crippen LogP contribution in [-0.4, -0.2) is 69.0 Å². The molecule has 1 aliphatic rings. The van der Waals surface area contributed by atoms with E-state index < -0.39 is 43.1 Å². The van der Waals surface area contributed by atoms with E-state index in [-0.39, 0.29) is 42.2 Å². The number of aromatic nitrogens is 4. The summed E-state index contributed by atoms with van der Waals surface area (Å²) in [5.74, 6) is -0.202. The predicted octanol–water partition coefficient (Wildman–Crippen LogP) is 1.85. The second-order valence-electron chi connectivity index (χ2n) is 8.64. The van der Waals surface area contributed by atoms with E-state index in [0.717, 1.165) is 6.33 Å². The van der Waals surface area contributed by atoms with Gasteiger partial charge in [-0.25, -0.2) is 15.0 Å². The van der Waals surface area contributed by atoms with E-state index in [2.05, 4.69) is 25.0 Å². The van der Waals surface area contributed by atoms with Crippen molar-refractivity contribution in [2.75, 3.05) is 5.73 Å². The van der Waals surface area contributed by atoms with E-state index in [1.165, 1.54) is 11.5 Å². The molecule has 4 unspecified atom stereocenters. The first-order chi connectivity index (χ1) is 15.8. The van der Waals surface area contributed by atoms with Crippen LogP contribution in [0.4, 0.5) is 11.8 Å². The number of anilines is 1. The van der Waals surface area contributed by atoms with Gasteiger partial charge in [-0.1, -0.05) is 13.8 Å². The van der Waals surface area contributed by atoms with Crippen LogP contribution in [0.3, 0.4) is 0 Å². The molecule has 188 valence electrons. The van der Waals surface area contributed by atoms with E-state index in [1.54, 1.807) is 20.8 Å². The number of hydrogen-bond acceptors (Lipinski definition) is 11. The number of imidazole rings is 1. The van der Waals surface area contributed by atoms with E-state index in [4.69, 9.17) is 20.5 Å². The number of fused-ring (bicyclic) bond motifs is 1. The zero-order valence-electron chi connectivity index (χ0n) is 19.2. The highest BCUT2D eigenvalue weighted by molar-refractivity contribution is 7.54. The van der Waals surface area contributed by atoms with Gasteiger partial charge in [0.05, 0.1) is 11.7 Å². The SMILES string of the molecule is CCC(C)(CC1O[C@@H](n2c(N=[N+]=[N-])nc3c(N)ncnc32)[C@H](O)[C@@H]1O)OP(=O)(O)C(C)(O)CC. The van der Waals surface area contributed by atoms with E-state index in [1.807, 2.05) is 0 Å². The topological polar surface area (TPSA) is 235 Å². The van der Waals surface area contributed by atoms with Gasteiger partial charge in [0.15, 0.2) is 28.6 Å². The Morgan fingerprint density at radius 3 is 2.59 bits per heavy atom. The van der Waals surface area contributed by atoms with Gasteiger partial charge in [-0.3, -0.25) is 9.13 Å². The van der Waals surface area contributed by atoms with Gasteiger partial charge in [0.2, 0.25) is 5.95 Å². The van der Waals surface area contributed by atoms with Crippen LogP contribution in [0.1, 0.15) is 53.2 Å². The molecule has 1 aliphatic heterocycles. The van der Waals surface area contributed by atoms with Crippen molar-refractivity contribution >= 4 is 30.5 Å². The lowest BCUT2D eigenvalue weighted by Gasteiger charge is -2.37. The van der Waals surface area contributed by atoms with Crippen LogP contribution in [0.2, 0.25) is 0 Å². The number of ether oxygens (including phenoxy) is 1. The number of aliphatic hydroxyl groups is 3. The maximum Gasteiger partial charge on any atom is 0.359 e. The van der Waals surface area contributed by atoms with Crippen LogP contribution in [0, 0.1) is 0 Å². The third-order valence-electron chi connectivity index (χ3n) is 6.22. The number of aliphatic hydroxyl groups excluding tert-OH is 2. The zero-order valence-corrected chi connectivity index (χ0v) is 20.1. The molecule has 2 aromatic rings. The van der Waals surface area contributed by atoms with Crippen molar-refractivity contribution in [2.24, 2.45) is 5.11 Å². The summed E-state index contributed by atoms with van der Waals surface area (Å²) in [5, 5.41) is 33.3. The Balaban J connectivity index is 1.94. The molecule has 6 N–H and O–H groups in total. The molecule has 15 nitrogen and oxygen atoms in total. The molecule has 7 atom stereocenters. The second kappa shape index (κ2) is 9.36. The number of rotatable bonds is 9. The fourth-order valence-corrected chi connectivity index (χ4v) is 5.04. The molecular weight excluding hydrogens is 471 g/mol. The van der Waals surface area contributed by atoms with Gasteiger partial charge in [0, 0.05) is 11.3 Å². The summed E-state index contributed by atoms with van der Waals surface area (Å²) in [5.41, 5.74) is 13.7. The number of hydrogen-bond donors (Lipinski definition) is 5. The summed E-state index contributed by atoms with van der Waals surface area (Å²) in [6.07, 6.45) is -4.04. The molecule has 2 aromatic heterocycles. The average Bonchev–Trinajstić information content (AvgIpc) is 3.26. The highest BCUT2D eigenvalue weighted by Gasteiger charge is 2.51. The van der Waals surface area contributed by atoms with Gasteiger partial charge in [-0.2, -0.15) is 0 Å². The first kappa shape index (κ1) is 26.3. The molecule has 0 aromatic carbocycles. The second-order valence-corrected chi connectivity index (χ2v) is 10.8. The van der Waals surface area contributed by atoms with Crippen LogP contribution in [0.5, 0.6) is 0 Å². The lowest BCUT2D eigenvalue weighted by Crippen LogP contribution is -2.40. The molecule has 0 spiro atoms. The number of nitrogen functional groups attached to an aromatic ring is 1. The Kier molecular flexibility index (Phi) is 7.23. The molecule has 0 bridgehead atoms. The van der Waals surface area contributed by atoms with Crippen molar-refractivity contribution in [3.8, 4) is 0 Å². The maximum absolute atomic E-state index is 12.8. The summed E-state index contributed by atoms with van der Waals surface area (Å²) in [6, 6.07) is 0. The molecule has 3 heterocycles. The highest BCUT2D eigenvalue weighted by atomic mass is 31.2. The minimum atomic E-state index is -4.49. The summed E-state index contributed by atoms with van der Waals surface area (Å²) in [4.78, 5) is 25.1. The third-order valence-corrected chi connectivity index (χ3v) is 8.44. The molecule has 0 aliphatic carbocycles. The largest absolute Gasteiger partial charge is 0.388 e. The smallest absolute Gasteiger partial charge is 0.359 e. The zero-order chi connectivity index (χ0) is 25.5. The van der Waals surface area contributed by atoms with Crippen molar-refractivity contribution in [1.29, 1.82) is 0 Å². The third kappa shape index (κ3) is 4.61. The molecule has 16 heteroatoms. The Labute approximate surface area is 194 Å². The Hall–Kier alpha value is -2.35. The molecule has 3 rings (SSSR count). The van der Waals surface area contributed by atoms with Crippen molar-refractivity contribution in [1.82, 2.24) is 19.5 Å². The van der Waals surface area contributed by atoms with E-state index in [9.17, 15) is 24.8 Å². The molecule has 0 radical (unpaired) electrons. The standard InChI is InChI=1S/C18H29N8O7P/c1-5-17(3,33-34(30,31)18(4,29)6-2)7-9-11(27)12(28)15(32-9)26-14-10(13(19)21-8-22-14)23-16(26)24-25-20/h8-9,11-12,15,27-29H,5-7H2,1-4H3,(H,30,31)(H2,19,21,22)/t9?,11-,12-,15-,17?,18?/m1/s1. The monoisotopic (exact) mass is 500 g/mol. The molecular formula is C18H29N8O7P. The summed E-state index contributed by atoms with van der Waals surface area (Å²) in [6.45, 7) is 6.01. The number of nitrogens with two attached hydrogens (primary N) is 1. The van der Waals surface area contributed by atoms with Gasteiger partial charge >= 0.3 is 7.60 Å². The van der Waals surface area contributed by atoms with E-state index >= 15 is 0 Å². The van der Waals surface area contributed by atoms with Crippen LogP contribution in [-0.2, 0) is 13.8 Å². The predicted molar refractivity (Wildman–Crippen MR) is 120 cm³/mol. The quantitative estimate of drug-likeness (QED) is 0.144.